The highest BCUT2D eigenvalue weighted by Gasteiger charge is 2.44. The molecule has 1 saturated carbocycles. The van der Waals surface area contributed by atoms with Gasteiger partial charge in [-0.1, -0.05) is 36.4 Å². The summed E-state index contributed by atoms with van der Waals surface area (Å²) in [6.07, 6.45) is 5.11. The van der Waals surface area contributed by atoms with Gasteiger partial charge < -0.3 is 14.4 Å². The Kier molecular flexibility index (Phi) is 5.47. The summed E-state index contributed by atoms with van der Waals surface area (Å²) in [6, 6.07) is 10.3. The van der Waals surface area contributed by atoms with Crippen molar-refractivity contribution in [2.45, 2.75) is 43.9 Å². The van der Waals surface area contributed by atoms with Crippen molar-refractivity contribution in [3.05, 3.63) is 48.6 Å². The van der Waals surface area contributed by atoms with E-state index in [1.54, 1.807) is 6.08 Å². The second-order valence-electron chi connectivity index (χ2n) is 6.21. The van der Waals surface area contributed by atoms with Crippen LogP contribution in [0.3, 0.4) is 0 Å². The van der Waals surface area contributed by atoms with Gasteiger partial charge in [-0.3, -0.25) is 4.79 Å². The Bertz CT molecular complexity index is 531. The summed E-state index contributed by atoms with van der Waals surface area (Å²) in [4.78, 5) is 14.7. The van der Waals surface area contributed by atoms with Gasteiger partial charge in [0.1, 0.15) is 6.10 Å². The number of hydrogen-bond donors (Lipinski definition) is 0. The van der Waals surface area contributed by atoms with Crippen molar-refractivity contribution < 1.29 is 14.3 Å². The van der Waals surface area contributed by atoms with E-state index in [-0.39, 0.29) is 24.2 Å². The third-order valence-electron chi connectivity index (χ3n) is 4.75. The van der Waals surface area contributed by atoms with Crippen LogP contribution in [0.15, 0.2) is 43.0 Å². The molecule has 1 aliphatic carbocycles. The van der Waals surface area contributed by atoms with Gasteiger partial charge in [0.25, 0.3) is 0 Å². The van der Waals surface area contributed by atoms with E-state index in [1.165, 1.54) is 5.56 Å². The van der Waals surface area contributed by atoms with Crippen LogP contribution < -0.4 is 0 Å². The van der Waals surface area contributed by atoms with E-state index in [2.05, 4.69) is 18.7 Å². The highest BCUT2D eigenvalue weighted by Crippen LogP contribution is 2.32. The molecule has 1 heterocycles. The summed E-state index contributed by atoms with van der Waals surface area (Å²) in [5, 5.41) is 0. The molecule has 3 atom stereocenters. The maximum absolute atomic E-state index is 12.7. The molecule has 0 spiro atoms. The van der Waals surface area contributed by atoms with Crippen molar-refractivity contribution >= 4 is 5.91 Å². The maximum atomic E-state index is 12.7. The van der Waals surface area contributed by atoms with Gasteiger partial charge in [0.2, 0.25) is 5.91 Å². The molecule has 0 aromatic heterocycles. The minimum atomic E-state index is -0.0174. The number of aryl methyl sites for hydroxylation is 1. The van der Waals surface area contributed by atoms with Gasteiger partial charge in [0.05, 0.1) is 25.4 Å². The molecule has 2 aliphatic rings. The zero-order valence-electron chi connectivity index (χ0n) is 13.5. The molecule has 124 valence electrons. The first-order valence-corrected chi connectivity index (χ1v) is 8.47. The Balaban J connectivity index is 1.63. The quantitative estimate of drug-likeness (QED) is 0.757. The number of benzene rings is 1. The van der Waals surface area contributed by atoms with Crippen molar-refractivity contribution in [1.29, 1.82) is 0 Å². The number of fused-ring (bicyclic) bond motifs is 2. The van der Waals surface area contributed by atoms with Crippen molar-refractivity contribution in [2.24, 2.45) is 0 Å². The zero-order chi connectivity index (χ0) is 16.1. The predicted molar refractivity (Wildman–Crippen MR) is 89.2 cm³/mol. The Morgan fingerprint density at radius 3 is 2.96 bits per heavy atom. The van der Waals surface area contributed by atoms with Crippen LogP contribution in [0.1, 0.15) is 24.8 Å². The van der Waals surface area contributed by atoms with Gasteiger partial charge in [0, 0.05) is 13.0 Å². The van der Waals surface area contributed by atoms with E-state index in [1.807, 2.05) is 23.1 Å². The first-order chi connectivity index (χ1) is 11.3. The zero-order valence-corrected chi connectivity index (χ0v) is 13.5. The van der Waals surface area contributed by atoms with Gasteiger partial charge in [-0.25, -0.2) is 0 Å². The lowest BCUT2D eigenvalue weighted by Crippen LogP contribution is -2.46. The Hall–Kier alpha value is -1.65. The second-order valence-corrected chi connectivity index (χ2v) is 6.21. The highest BCUT2D eigenvalue weighted by atomic mass is 16.5. The maximum Gasteiger partial charge on any atom is 0.223 e. The molecule has 0 radical (unpaired) electrons. The average molecular weight is 315 g/mol. The third-order valence-corrected chi connectivity index (χ3v) is 4.75. The molecule has 1 aromatic rings. The summed E-state index contributed by atoms with van der Waals surface area (Å²) in [5.74, 6) is 0.206. The van der Waals surface area contributed by atoms with Crippen LogP contribution in [0.5, 0.6) is 0 Å². The van der Waals surface area contributed by atoms with Gasteiger partial charge in [-0.15, -0.1) is 6.58 Å². The summed E-state index contributed by atoms with van der Waals surface area (Å²) in [7, 11) is 0. The number of carbonyl (C=O) groups excluding carboxylic acids is 1. The molecule has 23 heavy (non-hydrogen) atoms. The monoisotopic (exact) mass is 315 g/mol. The molecule has 2 fully saturated rings. The Labute approximate surface area is 138 Å². The second kappa shape index (κ2) is 7.75. The van der Waals surface area contributed by atoms with E-state index in [9.17, 15) is 4.79 Å². The van der Waals surface area contributed by atoms with Gasteiger partial charge in [0.15, 0.2) is 0 Å². The van der Waals surface area contributed by atoms with E-state index in [4.69, 9.17) is 9.47 Å². The molecule has 1 saturated heterocycles. The van der Waals surface area contributed by atoms with Crippen molar-refractivity contribution in [3.8, 4) is 0 Å². The molecule has 1 aliphatic heterocycles. The molecule has 0 N–H and O–H groups in total. The molecule has 4 nitrogen and oxygen atoms in total. The molecule has 4 heteroatoms. The van der Waals surface area contributed by atoms with Crippen LogP contribution in [0, 0.1) is 0 Å². The van der Waals surface area contributed by atoms with Gasteiger partial charge >= 0.3 is 0 Å². The van der Waals surface area contributed by atoms with Crippen LogP contribution in [-0.4, -0.2) is 48.8 Å². The summed E-state index contributed by atoms with van der Waals surface area (Å²) < 4.78 is 11.8. The van der Waals surface area contributed by atoms with E-state index in [0.29, 0.717) is 26.2 Å². The first-order valence-electron chi connectivity index (χ1n) is 8.47. The van der Waals surface area contributed by atoms with Crippen molar-refractivity contribution in [3.63, 3.8) is 0 Å². The third kappa shape index (κ3) is 3.82. The predicted octanol–water partition coefficient (Wildman–Crippen LogP) is 2.58. The van der Waals surface area contributed by atoms with Crippen LogP contribution in [0.4, 0.5) is 0 Å². The minimum absolute atomic E-state index is 0.0174. The fourth-order valence-electron chi connectivity index (χ4n) is 3.64. The molecule has 1 amide bonds. The lowest BCUT2D eigenvalue weighted by Gasteiger charge is -2.31. The summed E-state index contributed by atoms with van der Waals surface area (Å²) >= 11 is 0. The molecule has 1 aromatic carbocycles. The largest absolute Gasteiger partial charge is 0.374 e. The standard InChI is InChI=1S/C19H25NO3/c1-2-13-23-19-16-9-10-17(19)22-14-12-20(16)18(21)11-8-15-6-4-3-5-7-15/h2-7,16-17,19H,1,8-14H2/t16-,17-,19+/m1/s1. The molecular formula is C19H25NO3. The van der Waals surface area contributed by atoms with E-state index < -0.39 is 0 Å². The number of rotatable bonds is 6. The Morgan fingerprint density at radius 2 is 2.17 bits per heavy atom. The average Bonchev–Trinajstić information content (AvgIpc) is 2.87. The lowest BCUT2D eigenvalue weighted by atomic mass is 10.1. The molecule has 0 unspecified atom stereocenters. The van der Waals surface area contributed by atoms with Crippen LogP contribution in [0.25, 0.3) is 0 Å². The van der Waals surface area contributed by atoms with Crippen molar-refractivity contribution in [2.75, 3.05) is 19.8 Å². The topological polar surface area (TPSA) is 38.8 Å². The smallest absolute Gasteiger partial charge is 0.223 e. The van der Waals surface area contributed by atoms with Crippen molar-refractivity contribution in [1.82, 2.24) is 4.90 Å². The SMILES string of the molecule is C=CCO[C@H]1[C@H]2CC[C@H]1OCCN2C(=O)CCc1ccccc1. The fraction of sp³-hybridized carbons (Fsp3) is 0.526. The fourth-order valence-corrected chi connectivity index (χ4v) is 3.64. The van der Waals surface area contributed by atoms with Crippen LogP contribution in [-0.2, 0) is 20.7 Å². The normalized spacial score (nSPS) is 26.8. The van der Waals surface area contributed by atoms with Crippen LogP contribution in [0.2, 0.25) is 0 Å². The number of ether oxygens (including phenoxy) is 2. The van der Waals surface area contributed by atoms with E-state index in [0.717, 1.165) is 19.3 Å². The Morgan fingerprint density at radius 1 is 1.35 bits per heavy atom. The number of carbonyl (C=O) groups is 1. The van der Waals surface area contributed by atoms with E-state index >= 15 is 0 Å². The number of hydrogen-bond acceptors (Lipinski definition) is 3. The molecule has 3 rings (SSSR count). The summed E-state index contributed by atoms with van der Waals surface area (Å²) in [5.41, 5.74) is 1.20. The highest BCUT2D eigenvalue weighted by molar-refractivity contribution is 5.77. The summed E-state index contributed by atoms with van der Waals surface area (Å²) in [6.45, 7) is 5.49. The van der Waals surface area contributed by atoms with Gasteiger partial charge in [-0.2, -0.15) is 0 Å². The van der Waals surface area contributed by atoms with Gasteiger partial charge in [-0.05, 0) is 24.8 Å². The minimum Gasteiger partial charge on any atom is -0.374 e. The van der Waals surface area contributed by atoms with Crippen LogP contribution >= 0.6 is 0 Å². The lowest BCUT2D eigenvalue weighted by molar-refractivity contribution is -0.135. The number of amides is 1. The molecular weight excluding hydrogens is 290 g/mol. The molecule has 2 bridgehead atoms. The first kappa shape index (κ1) is 16.2. The number of nitrogens with zero attached hydrogens (tertiary/aromatic N) is 1.